The molecule has 0 aliphatic heterocycles. The number of halogens is 1. The van der Waals surface area contributed by atoms with Gasteiger partial charge in [0, 0.05) is 11.6 Å². The van der Waals surface area contributed by atoms with Crippen molar-refractivity contribution < 1.29 is 9.90 Å². The number of hydrogen-bond donors (Lipinski definition) is 1. The molecule has 0 unspecified atom stereocenters. The Hall–Kier alpha value is -1.66. The molecule has 0 spiro atoms. The Balaban J connectivity index is 2.20. The number of aromatic hydroxyl groups is 1. The fourth-order valence-electron chi connectivity index (χ4n) is 1.79. The Morgan fingerprint density at radius 1 is 1.56 bits per heavy atom. The zero-order valence-electron chi connectivity index (χ0n) is 9.90. The first-order valence-electron chi connectivity index (χ1n) is 5.83. The Morgan fingerprint density at radius 3 is 2.89 bits per heavy atom. The normalized spacial score (nSPS) is 14.0. The molecule has 18 heavy (non-hydrogen) atoms. The quantitative estimate of drug-likeness (QED) is 0.848. The molecule has 1 amide bonds. The van der Waals surface area contributed by atoms with E-state index in [1.54, 1.807) is 11.0 Å². The van der Waals surface area contributed by atoms with Crippen LogP contribution in [0.15, 0.2) is 18.2 Å². The van der Waals surface area contributed by atoms with E-state index in [4.69, 9.17) is 18.0 Å². The molecule has 3 nitrogen and oxygen atoms in total. The lowest BCUT2D eigenvalue weighted by Crippen LogP contribution is -2.33. The van der Waals surface area contributed by atoms with Crippen molar-refractivity contribution in [3.8, 4) is 18.1 Å². The summed E-state index contributed by atoms with van der Waals surface area (Å²) in [6.07, 6.45) is 7.55. The molecule has 0 bridgehead atoms. The Bertz CT molecular complexity index is 503. The highest BCUT2D eigenvalue weighted by Crippen LogP contribution is 2.31. The summed E-state index contributed by atoms with van der Waals surface area (Å²) < 4.78 is 0. The molecule has 1 aliphatic rings. The van der Waals surface area contributed by atoms with Crippen LogP contribution in [0.1, 0.15) is 23.2 Å². The van der Waals surface area contributed by atoms with Crippen molar-refractivity contribution in [1.82, 2.24) is 4.90 Å². The molecule has 1 saturated carbocycles. The van der Waals surface area contributed by atoms with E-state index < -0.39 is 0 Å². The Morgan fingerprint density at radius 2 is 2.28 bits per heavy atom. The Labute approximate surface area is 111 Å². The molecular weight excluding hydrogens is 250 g/mol. The number of carbonyl (C=O) groups excluding carboxylic acids is 1. The number of benzene rings is 1. The van der Waals surface area contributed by atoms with Crippen LogP contribution in [-0.4, -0.2) is 29.0 Å². The highest BCUT2D eigenvalue weighted by molar-refractivity contribution is 6.31. The molecule has 1 N–H and O–H groups in total. The third-order valence-electron chi connectivity index (χ3n) is 2.93. The first kappa shape index (κ1) is 12.8. The molecule has 4 heteroatoms. The van der Waals surface area contributed by atoms with Crippen LogP contribution in [0, 0.1) is 18.3 Å². The topological polar surface area (TPSA) is 40.5 Å². The van der Waals surface area contributed by atoms with Gasteiger partial charge in [0.2, 0.25) is 0 Å². The molecule has 1 aromatic rings. The van der Waals surface area contributed by atoms with Gasteiger partial charge in [-0.25, -0.2) is 0 Å². The second-order valence-corrected chi connectivity index (χ2v) is 4.93. The molecule has 0 heterocycles. The molecule has 1 aliphatic carbocycles. The number of phenols is 1. The number of amides is 1. The number of carbonyl (C=O) groups is 1. The predicted molar refractivity (Wildman–Crippen MR) is 70.6 cm³/mol. The molecule has 2 rings (SSSR count). The zero-order valence-corrected chi connectivity index (χ0v) is 10.7. The van der Waals surface area contributed by atoms with Gasteiger partial charge in [0.1, 0.15) is 5.75 Å². The van der Waals surface area contributed by atoms with Crippen molar-refractivity contribution in [2.24, 2.45) is 5.92 Å². The van der Waals surface area contributed by atoms with Gasteiger partial charge in [-0.1, -0.05) is 17.5 Å². The lowest BCUT2D eigenvalue weighted by atomic mass is 10.1. The van der Waals surface area contributed by atoms with Gasteiger partial charge in [-0.05, 0) is 37.0 Å². The number of rotatable bonds is 4. The minimum Gasteiger partial charge on any atom is -0.507 e. The van der Waals surface area contributed by atoms with E-state index in [1.165, 1.54) is 12.1 Å². The first-order chi connectivity index (χ1) is 8.61. The average molecular weight is 264 g/mol. The minimum atomic E-state index is -0.264. The van der Waals surface area contributed by atoms with Gasteiger partial charge in [-0.2, -0.15) is 0 Å². The van der Waals surface area contributed by atoms with Crippen molar-refractivity contribution in [1.29, 1.82) is 0 Å². The third kappa shape index (κ3) is 2.96. The van der Waals surface area contributed by atoms with Crippen molar-refractivity contribution in [2.45, 2.75) is 12.8 Å². The maximum Gasteiger partial charge on any atom is 0.258 e. The summed E-state index contributed by atoms with van der Waals surface area (Å²) in [5.41, 5.74) is 0.207. The molecular formula is C14H14ClNO2. The van der Waals surface area contributed by atoms with Gasteiger partial charge in [0.25, 0.3) is 5.91 Å². The predicted octanol–water partition coefficient (Wildman–Crippen LogP) is 2.53. The lowest BCUT2D eigenvalue weighted by molar-refractivity contribution is 0.0767. The fraction of sp³-hybridized carbons (Fsp3) is 0.357. The summed E-state index contributed by atoms with van der Waals surface area (Å²) in [6, 6.07) is 4.43. The van der Waals surface area contributed by atoms with Crippen LogP contribution in [0.5, 0.6) is 5.75 Å². The van der Waals surface area contributed by atoms with Gasteiger partial charge in [-0.15, -0.1) is 6.42 Å². The van der Waals surface area contributed by atoms with Crippen molar-refractivity contribution in [2.75, 3.05) is 13.1 Å². The van der Waals surface area contributed by atoms with Crippen LogP contribution in [0.2, 0.25) is 5.02 Å². The fourth-order valence-corrected chi connectivity index (χ4v) is 1.96. The maximum absolute atomic E-state index is 12.3. The highest BCUT2D eigenvalue weighted by atomic mass is 35.5. The number of nitrogens with zero attached hydrogens (tertiary/aromatic N) is 1. The number of phenolic OH excluding ortho intramolecular Hbond substituents is 1. The Kier molecular flexibility index (Phi) is 3.78. The molecule has 1 aromatic carbocycles. The summed E-state index contributed by atoms with van der Waals surface area (Å²) in [7, 11) is 0. The van der Waals surface area contributed by atoms with E-state index in [0.29, 0.717) is 17.5 Å². The summed E-state index contributed by atoms with van der Waals surface area (Å²) in [4.78, 5) is 13.9. The van der Waals surface area contributed by atoms with Crippen LogP contribution in [0.25, 0.3) is 0 Å². The third-order valence-corrected chi connectivity index (χ3v) is 3.17. The van der Waals surface area contributed by atoms with Crippen LogP contribution in [-0.2, 0) is 0 Å². The second-order valence-electron chi connectivity index (χ2n) is 4.49. The molecule has 1 fully saturated rings. The van der Waals surface area contributed by atoms with E-state index in [1.807, 2.05) is 0 Å². The minimum absolute atomic E-state index is 0.0674. The summed E-state index contributed by atoms with van der Waals surface area (Å²) in [5, 5.41) is 10.1. The molecule has 0 atom stereocenters. The smallest absolute Gasteiger partial charge is 0.258 e. The maximum atomic E-state index is 12.3. The average Bonchev–Trinajstić information content (AvgIpc) is 3.15. The summed E-state index contributed by atoms with van der Waals surface area (Å²) in [6.45, 7) is 0.899. The van der Waals surface area contributed by atoms with Gasteiger partial charge in [0.15, 0.2) is 0 Å². The molecule has 0 radical (unpaired) electrons. The largest absolute Gasteiger partial charge is 0.507 e. The number of hydrogen-bond acceptors (Lipinski definition) is 2. The highest BCUT2D eigenvalue weighted by Gasteiger charge is 2.27. The molecule has 0 saturated heterocycles. The SMILES string of the molecule is C#CCN(CC1CC1)C(=O)c1cc(Cl)ccc1O. The van der Waals surface area contributed by atoms with E-state index >= 15 is 0 Å². The van der Waals surface area contributed by atoms with Crippen LogP contribution in [0.3, 0.4) is 0 Å². The van der Waals surface area contributed by atoms with Crippen LogP contribution < -0.4 is 0 Å². The van der Waals surface area contributed by atoms with Crippen molar-refractivity contribution in [3.63, 3.8) is 0 Å². The van der Waals surface area contributed by atoms with Crippen LogP contribution in [0.4, 0.5) is 0 Å². The molecule has 94 valence electrons. The summed E-state index contributed by atoms with van der Waals surface area (Å²) >= 11 is 5.84. The van der Waals surface area contributed by atoms with Crippen molar-refractivity contribution >= 4 is 17.5 Å². The van der Waals surface area contributed by atoms with Gasteiger partial charge < -0.3 is 10.0 Å². The van der Waals surface area contributed by atoms with Gasteiger partial charge in [-0.3, -0.25) is 4.79 Å². The monoisotopic (exact) mass is 263 g/mol. The second kappa shape index (κ2) is 5.32. The van der Waals surface area contributed by atoms with Crippen molar-refractivity contribution in [3.05, 3.63) is 28.8 Å². The number of terminal acetylenes is 1. The zero-order chi connectivity index (χ0) is 13.1. The van der Waals surface area contributed by atoms with E-state index in [-0.39, 0.29) is 23.8 Å². The van der Waals surface area contributed by atoms with Gasteiger partial charge in [0.05, 0.1) is 12.1 Å². The van der Waals surface area contributed by atoms with Gasteiger partial charge >= 0.3 is 0 Å². The first-order valence-corrected chi connectivity index (χ1v) is 6.21. The van der Waals surface area contributed by atoms with Crippen LogP contribution >= 0.6 is 11.6 Å². The standard InChI is InChI=1S/C14H14ClNO2/c1-2-7-16(9-10-3-4-10)14(18)12-8-11(15)5-6-13(12)17/h1,5-6,8,10,17H,3-4,7,9H2. The van der Waals surface area contributed by atoms with E-state index in [2.05, 4.69) is 5.92 Å². The van der Waals surface area contributed by atoms with E-state index in [9.17, 15) is 9.90 Å². The summed E-state index contributed by atoms with van der Waals surface area (Å²) in [5.74, 6) is 2.69. The molecule has 0 aromatic heterocycles. The van der Waals surface area contributed by atoms with E-state index in [0.717, 1.165) is 12.8 Å². The lowest BCUT2D eigenvalue weighted by Gasteiger charge is -2.20.